The Bertz CT molecular complexity index is 1410. The van der Waals surface area contributed by atoms with Gasteiger partial charge in [-0.15, -0.1) is 0 Å². The molecule has 0 radical (unpaired) electrons. The molecule has 4 rings (SSSR count). The van der Waals surface area contributed by atoms with Gasteiger partial charge < -0.3 is 32.5 Å². The largest absolute Gasteiger partial charge is 0.414 e. The number of hydrogen-bond acceptors (Lipinski definition) is 10. The van der Waals surface area contributed by atoms with Crippen LogP contribution in [0.2, 0.25) is 22.2 Å². The first kappa shape index (κ1) is 39.6. The summed E-state index contributed by atoms with van der Waals surface area (Å²) in [5.74, 6) is -3.99. The van der Waals surface area contributed by atoms with Gasteiger partial charge in [0.25, 0.3) is 0 Å². The minimum atomic E-state index is -5.58. The summed E-state index contributed by atoms with van der Waals surface area (Å²) < 4.78 is 119. The number of alkyl halides is 6. The number of carbonyl (C=O) groups is 1. The zero-order valence-corrected chi connectivity index (χ0v) is 30.9. The Morgan fingerprint density at radius 3 is 2.08 bits per heavy atom. The van der Waals surface area contributed by atoms with Crippen LogP contribution >= 0.6 is 0 Å². The molecule has 2 aliphatic heterocycles. The van der Waals surface area contributed by atoms with E-state index < -0.39 is 79.2 Å². The summed E-state index contributed by atoms with van der Waals surface area (Å²) in [5.41, 5.74) is 0.229. The Morgan fingerprint density at radius 2 is 1.55 bits per heavy atom. The molecule has 278 valence electrons. The summed E-state index contributed by atoms with van der Waals surface area (Å²) in [4.78, 5) is 24.6. The molecular formula is C29H45F6N5O7Si2. The maximum atomic E-state index is 13.2. The van der Waals surface area contributed by atoms with Crippen molar-refractivity contribution in [1.82, 2.24) is 19.5 Å². The van der Waals surface area contributed by atoms with E-state index in [0.29, 0.717) is 0 Å². The number of imidazole rings is 1. The van der Waals surface area contributed by atoms with Crippen molar-refractivity contribution in [3.63, 3.8) is 0 Å². The first-order valence-corrected chi connectivity index (χ1v) is 20.0. The lowest BCUT2D eigenvalue weighted by atomic mass is 10.1. The molecule has 4 heterocycles. The number of carbonyl (C=O) groups excluding carboxylic acids is 1. The Morgan fingerprint density at radius 1 is 0.959 bits per heavy atom. The molecule has 2 aromatic rings. The number of aromatic nitrogens is 4. The summed E-state index contributed by atoms with van der Waals surface area (Å²) in [6, 6.07) is 0. The second kappa shape index (κ2) is 14.8. The molecule has 0 saturated carbocycles. The number of rotatable bonds is 11. The Balaban J connectivity index is 1.78. The van der Waals surface area contributed by atoms with Gasteiger partial charge in [0.05, 0.1) is 19.5 Å². The standard InChI is InChI=1S/C29H45F6N5O7Si2/c1-15(2)48(16(3)4)44-10-20-23(46-49(47-48,17(5)6)18(7)8)24(43-14-42-11-21(28(30,31)32)29(33,34)35)27(45-20)40-13-38-22-25(39-19(9)41)36-12-37-26(22)40/h12-13,15-18,20-21,23-24,27H,10-11,14H2,1-9H3,(H,36,37,39,41)/t20-,23-,24-,27-/m1/s1. The van der Waals surface area contributed by atoms with Crippen molar-refractivity contribution in [2.75, 3.05) is 25.3 Å². The van der Waals surface area contributed by atoms with Crippen molar-refractivity contribution in [3.05, 3.63) is 12.7 Å². The fourth-order valence-electron chi connectivity index (χ4n) is 6.49. The van der Waals surface area contributed by atoms with Crippen LogP contribution in [-0.2, 0) is 32.0 Å². The van der Waals surface area contributed by atoms with E-state index in [-0.39, 0.29) is 45.8 Å². The molecule has 0 aromatic carbocycles. The predicted octanol–water partition coefficient (Wildman–Crippen LogP) is 6.74. The van der Waals surface area contributed by atoms with Crippen LogP contribution in [0.3, 0.4) is 0 Å². The van der Waals surface area contributed by atoms with Crippen LogP contribution in [0, 0.1) is 5.92 Å². The van der Waals surface area contributed by atoms with Gasteiger partial charge in [-0.2, -0.15) is 26.3 Å². The summed E-state index contributed by atoms with van der Waals surface area (Å²) in [6.07, 6.45) is -12.6. The van der Waals surface area contributed by atoms with Gasteiger partial charge in [-0.05, 0) is 22.2 Å². The average molecular weight is 746 g/mol. The maximum Gasteiger partial charge on any atom is 0.402 e. The Kier molecular flexibility index (Phi) is 12.0. The van der Waals surface area contributed by atoms with Crippen LogP contribution in [0.1, 0.15) is 68.5 Å². The number of amides is 1. The van der Waals surface area contributed by atoms with Gasteiger partial charge in [0.15, 0.2) is 29.1 Å². The quantitative estimate of drug-likeness (QED) is 0.114. The smallest absolute Gasteiger partial charge is 0.402 e. The zero-order valence-electron chi connectivity index (χ0n) is 28.9. The third kappa shape index (κ3) is 8.00. The molecule has 20 heteroatoms. The normalized spacial score (nSPS) is 24.7. The van der Waals surface area contributed by atoms with Gasteiger partial charge >= 0.3 is 29.5 Å². The number of fused-ring (bicyclic) bond motifs is 2. The van der Waals surface area contributed by atoms with Crippen molar-refractivity contribution in [1.29, 1.82) is 0 Å². The number of halogens is 6. The van der Waals surface area contributed by atoms with Gasteiger partial charge in [-0.25, -0.2) is 15.0 Å². The van der Waals surface area contributed by atoms with E-state index in [0.717, 1.165) is 0 Å². The van der Waals surface area contributed by atoms with Crippen molar-refractivity contribution >= 4 is 40.0 Å². The number of nitrogens with zero attached hydrogens (tertiary/aromatic N) is 4. The SMILES string of the molecule is CC(=O)Nc1ncnc2c1ncn2[C@@H]1O[C@@H]2CO[Si](C(C)C)(C(C)C)O[Si](C(C)C)(C(C)C)O[C@H]2[C@H]1OCOCC(C(F)(F)F)C(F)(F)F. The number of hydrogen-bond donors (Lipinski definition) is 1. The minimum absolute atomic E-state index is 0.00805. The van der Waals surface area contributed by atoms with Crippen molar-refractivity contribution in [2.24, 2.45) is 5.92 Å². The first-order chi connectivity index (χ1) is 22.7. The highest BCUT2D eigenvalue weighted by Crippen LogP contribution is 2.49. The van der Waals surface area contributed by atoms with Crippen LogP contribution in [0.25, 0.3) is 11.2 Å². The molecule has 1 N–H and O–H groups in total. The predicted molar refractivity (Wildman–Crippen MR) is 169 cm³/mol. The molecule has 4 atom stereocenters. The van der Waals surface area contributed by atoms with Gasteiger partial charge in [-0.3, -0.25) is 9.36 Å². The van der Waals surface area contributed by atoms with E-state index in [9.17, 15) is 31.1 Å². The molecule has 0 aliphatic carbocycles. The zero-order chi connectivity index (χ0) is 36.7. The fourth-order valence-corrected chi connectivity index (χ4v) is 17.7. The lowest BCUT2D eigenvalue weighted by molar-refractivity contribution is -0.299. The lowest BCUT2D eigenvalue weighted by Crippen LogP contribution is -2.66. The maximum absolute atomic E-state index is 13.2. The number of anilines is 1. The molecule has 2 aliphatic rings. The second-order valence-corrected chi connectivity index (χ2v) is 22.5. The third-order valence-corrected chi connectivity index (χ3v) is 19.2. The molecule has 1 amide bonds. The van der Waals surface area contributed by atoms with Crippen molar-refractivity contribution in [3.8, 4) is 0 Å². The highest BCUT2D eigenvalue weighted by molar-refractivity contribution is 6.84. The van der Waals surface area contributed by atoms with E-state index in [1.807, 2.05) is 55.4 Å². The first-order valence-electron chi connectivity index (χ1n) is 16.1. The van der Waals surface area contributed by atoms with Crippen LogP contribution in [0.5, 0.6) is 0 Å². The second-order valence-electron chi connectivity index (χ2n) is 13.6. The Labute approximate surface area is 283 Å². The van der Waals surface area contributed by atoms with Crippen molar-refractivity contribution in [2.45, 2.75) is 121 Å². The van der Waals surface area contributed by atoms with Crippen LogP contribution in [-0.4, -0.2) is 93.2 Å². The minimum Gasteiger partial charge on any atom is -0.414 e. The van der Waals surface area contributed by atoms with Crippen LogP contribution in [0.15, 0.2) is 12.7 Å². The highest BCUT2D eigenvalue weighted by Gasteiger charge is 2.62. The van der Waals surface area contributed by atoms with Gasteiger partial charge in [0, 0.05) is 6.92 Å². The molecule has 2 fully saturated rings. The van der Waals surface area contributed by atoms with Crippen molar-refractivity contribution < 1.29 is 58.3 Å². The van der Waals surface area contributed by atoms with Gasteiger partial charge in [0.1, 0.15) is 31.4 Å². The van der Waals surface area contributed by atoms with E-state index >= 15 is 0 Å². The molecule has 2 aromatic heterocycles. The summed E-state index contributed by atoms with van der Waals surface area (Å²) in [6.45, 7) is 14.8. The van der Waals surface area contributed by atoms with E-state index in [2.05, 4.69) is 20.3 Å². The summed E-state index contributed by atoms with van der Waals surface area (Å²) in [7, 11) is -6.28. The number of nitrogens with one attached hydrogen (secondary N) is 1. The van der Waals surface area contributed by atoms with Gasteiger partial charge in [-0.1, -0.05) is 55.4 Å². The van der Waals surface area contributed by atoms with Gasteiger partial charge in [0.2, 0.25) is 5.91 Å². The average Bonchev–Trinajstić information content (AvgIpc) is 3.52. The fraction of sp³-hybridized carbons (Fsp3) is 0.793. The summed E-state index contributed by atoms with van der Waals surface area (Å²) in [5, 5.41) is 2.58. The molecule has 49 heavy (non-hydrogen) atoms. The highest BCUT2D eigenvalue weighted by atomic mass is 28.5. The monoisotopic (exact) mass is 745 g/mol. The topological polar surface area (TPSA) is 128 Å². The number of ether oxygens (including phenoxy) is 3. The molecule has 0 spiro atoms. The molecule has 0 unspecified atom stereocenters. The van der Waals surface area contributed by atoms with E-state index in [1.54, 1.807) is 0 Å². The van der Waals surface area contributed by atoms with Crippen LogP contribution < -0.4 is 5.32 Å². The molecule has 0 bridgehead atoms. The Hall–Kier alpha value is -2.21. The van der Waals surface area contributed by atoms with Crippen LogP contribution in [0.4, 0.5) is 32.2 Å². The summed E-state index contributed by atoms with van der Waals surface area (Å²) >= 11 is 0. The lowest BCUT2D eigenvalue weighted by Gasteiger charge is -2.51. The third-order valence-electron chi connectivity index (χ3n) is 8.96. The molecule has 2 saturated heterocycles. The van der Waals surface area contributed by atoms with E-state index in [1.165, 1.54) is 24.1 Å². The van der Waals surface area contributed by atoms with E-state index in [4.69, 9.17) is 27.2 Å². The molecule has 12 nitrogen and oxygen atoms in total. The molecular weight excluding hydrogens is 701 g/mol.